The van der Waals surface area contributed by atoms with Crippen molar-refractivity contribution in [2.75, 3.05) is 26.2 Å². The van der Waals surface area contributed by atoms with E-state index in [-0.39, 0.29) is 0 Å². The normalized spacial score (nSPS) is 22.4. The number of hydrogen-bond donors (Lipinski definition) is 1. The van der Waals surface area contributed by atoms with Crippen molar-refractivity contribution < 1.29 is 4.79 Å². The van der Waals surface area contributed by atoms with Gasteiger partial charge in [-0.1, -0.05) is 17.7 Å². The predicted molar refractivity (Wildman–Crippen MR) is 76.6 cm³/mol. The summed E-state index contributed by atoms with van der Waals surface area (Å²) in [4.78, 5) is 14.3. The molecule has 1 aromatic rings. The molecule has 102 valence electrons. The molecule has 1 unspecified atom stereocenters. The summed E-state index contributed by atoms with van der Waals surface area (Å²) >= 11 is 6.07. The second-order valence-corrected chi connectivity index (χ2v) is 5.85. The van der Waals surface area contributed by atoms with E-state index in [1.165, 1.54) is 11.1 Å². The van der Waals surface area contributed by atoms with Crippen LogP contribution in [0.25, 0.3) is 0 Å². The average Bonchev–Trinajstić information content (AvgIpc) is 2.82. The molecule has 1 aliphatic carbocycles. The summed E-state index contributed by atoms with van der Waals surface area (Å²) in [6.07, 6.45) is 2.78. The lowest BCUT2D eigenvalue weighted by Gasteiger charge is -2.28. The summed E-state index contributed by atoms with van der Waals surface area (Å²) in [6.45, 7) is 3.51. The molecule has 0 bridgehead atoms. The average molecular weight is 279 g/mol. The second kappa shape index (κ2) is 5.51. The van der Waals surface area contributed by atoms with E-state index < -0.39 is 0 Å². The van der Waals surface area contributed by atoms with Crippen molar-refractivity contribution in [2.45, 2.75) is 25.2 Å². The van der Waals surface area contributed by atoms with Gasteiger partial charge in [0.25, 0.3) is 0 Å². The van der Waals surface area contributed by atoms with Gasteiger partial charge in [0.2, 0.25) is 5.91 Å². The van der Waals surface area contributed by atoms with Crippen molar-refractivity contribution >= 4 is 17.5 Å². The Hall–Kier alpha value is -1.06. The van der Waals surface area contributed by atoms with Gasteiger partial charge in [-0.15, -0.1) is 0 Å². The quantitative estimate of drug-likeness (QED) is 0.899. The Kier molecular flexibility index (Phi) is 3.76. The van der Waals surface area contributed by atoms with Crippen LogP contribution in [0.5, 0.6) is 0 Å². The zero-order valence-electron chi connectivity index (χ0n) is 11.0. The minimum atomic E-state index is 0.291. The minimum absolute atomic E-state index is 0.291. The van der Waals surface area contributed by atoms with E-state index in [1.54, 1.807) is 0 Å². The van der Waals surface area contributed by atoms with Gasteiger partial charge >= 0.3 is 0 Å². The Morgan fingerprint density at radius 1 is 1.37 bits per heavy atom. The highest BCUT2D eigenvalue weighted by Gasteiger charge is 2.27. The molecular formula is C15H19ClN2O. The van der Waals surface area contributed by atoms with E-state index in [0.29, 0.717) is 18.2 Å². The Morgan fingerprint density at radius 3 is 2.95 bits per heavy atom. The zero-order chi connectivity index (χ0) is 13.2. The van der Waals surface area contributed by atoms with Gasteiger partial charge in [0, 0.05) is 37.6 Å². The first-order chi connectivity index (χ1) is 9.24. The number of fused-ring (bicyclic) bond motifs is 1. The summed E-state index contributed by atoms with van der Waals surface area (Å²) in [5.41, 5.74) is 2.65. The number of amides is 1. The number of rotatable bonds is 2. The molecule has 4 heteroatoms. The third kappa shape index (κ3) is 2.77. The van der Waals surface area contributed by atoms with Gasteiger partial charge in [0.15, 0.2) is 0 Å². The van der Waals surface area contributed by atoms with E-state index in [0.717, 1.165) is 44.0 Å². The third-order valence-electron chi connectivity index (χ3n) is 4.20. The van der Waals surface area contributed by atoms with Gasteiger partial charge in [0.05, 0.1) is 0 Å². The molecule has 1 atom stereocenters. The monoisotopic (exact) mass is 278 g/mol. The predicted octanol–water partition coefficient (Wildman–Crippen LogP) is 2.19. The molecule has 1 heterocycles. The number of carbonyl (C=O) groups is 1. The summed E-state index contributed by atoms with van der Waals surface area (Å²) in [6, 6.07) is 6.09. The topological polar surface area (TPSA) is 32.3 Å². The maximum atomic E-state index is 12.3. The molecule has 0 radical (unpaired) electrons. The Balaban J connectivity index is 1.68. The van der Waals surface area contributed by atoms with Crippen molar-refractivity contribution in [1.29, 1.82) is 0 Å². The number of nitrogens with zero attached hydrogens (tertiary/aromatic N) is 1. The molecule has 19 heavy (non-hydrogen) atoms. The van der Waals surface area contributed by atoms with Gasteiger partial charge < -0.3 is 10.2 Å². The second-order valence-electron chi connectivity index (χ2n) is 5.41. The van der Waals surface area contributed by atoms with E-state index >= 15 is 0 Å². The number of carbonyl (C=O) groups excluding carboxylic acids is 1. The summed E-state index contributed by atoms with van der Waals surface area (Å²) in [5.74, 6) is 0.649. The molecule has 1 saturated heterocycles. The zero-order valence-corrected chi connectivity index (χ0v) is 11.7. The number of halogens is 1. The number of nitrogens with one attached hydrogen (secondary N) is 1. The lowest BCUT2D eigenvalue weighted by Crippen LogP contribution is -2.46. The maximum Gasteiger partial charge on any atom is 0.223 e. The molecule has 2 aliphatic rings. The number of benzene rings is 1. The van der Waals surface area contributed by atoms with Crippen LogP contribution in [0.2, 0.25) is 5.02 Å². The van der Waals surface area contributed by atoms with E-state index in [1.807, 2.05) is 17.0 Å². The fraction of sp³-hybridized carbons (Fsp3) is 0.533. The van der Waals surface area contributed by atoms with Gasteiger partial charge in [-0.25, -0.2) is 0 Å². The van der Waals surface area contributed by atoms with Gasteiger partial charge in [-0.2, -0.15) is 0 Å². The minimum Gasteiger partial charge on any atom is -0.340 e. The molecule has 3 rings (SSSR count). The molecule has 1 aliphatic heterocycles. The smallest absolute Gasteiger partial charge is 0.223 e. The largest absolute Gasteiger partial charge is 0.340 e. The fourth-order valence-corrected chi connectivity index (χ4v) is 3.31. The number of hydrogen-bond acceptors (Lipinski definition) is 2. The van der Waals surface area contributed by atoms with Crippen LogP contribution in [-0.2, 0) is 11.2 Å². The number of aryl methyl sites for hydroxylation is 1. The van der Waals surface area contributed by atoms with Crippen LogP contribution >= 0.6 is 11.6 Å². The standard InChI is InChI=1S/C15H19ClN2O/c16-13-4-3-11-1-2-12(14(11)10-13)9-15(19)18-7-5-17-6-8-18/h3-4,10,12,17H,1-2,5-9H2. The van der Waals surface area contributed by atoms with Gasteiger partial charge in [0.1, 0.15) is 0 Å². The van der Waals surface area contributed by atoms with Crippen LogP contribution in [0.4, 0.5) is 0 Å². The molecule has 1 fully saturated rings. The molecule has 3 nitrogen and oxygen atoms in total. The van der Waals surface area contributed by atoms with Crippen molar-refractivity contribution in [2.24, 2.45) is 0 Å². The molecule has 1 N–H and O–H groups in total. The summed E-state index contributed by atoms with van der Waals surface area (Å²) < 4.78 is 0. The Bertz CT molecular complexity index is 483. The van der Waals surface area contributed by atoms with Crippen LogP contribution in [0, 0.1) is 0 Å². The van der Waals surface area contributed by atoms with Crippen LogP contribution in [-0.4, -0.2) is 37.0 Å². The van der Waals surface area contributed by atoms with Crippen molar-refractivity contribution in [3.05, 3.63) is 34.3 Å². The van der Waals surface area contributed by atoms with Crippen LogP contribution in [0.1, 0.15) is 29.9 Å². The van der Waals surface area contributed by atoms with Gasteiger partial charge in [-0.3, -0.25) is 4.79 Å². The van der Waals surface area contributed by atoms with Crippen LogP contribution in [0.15, 0.2) is 18.2 Å². The van der Waals surface area contributed by atoms with E-state index in [4.69, 9.17) is 11.6 Å². The van der Waals surface area contributed by atoms with E-state index in [9.17, 15) is 4.79 Å². The molecule has 1 aromatic carbocycles. The highest BCUT2D eigenvalue weighted by atomic mass is 35.5. The number of piperazine rings is 1. The van der Waals surface area contributed by atoms with Crippen molar-refractivity contribution in [1.82, 2.24) is 10.2 Å². The third-order valence-corrected chi connectivity index (χ3v) is 4.44. The lowest BCUT2D eigenvalue weighted by molar-refractivity contribution is -0.132. The lowest BCUT2D eigenvalue weighted by atomic mass is 9.97. The first-order valence-corrected chi connectivity index (χ1v) is 7.38. The van der Waals surface area contributed by atoms with Crippen LogP contribution < -0.4 is 5.32 Å². The first kappa shape index (κ1) is 12.9. The summed E-state index contributed by atoms with van der Waals surface area (Å²) in [7, 11) is 0. The van der Waals surface area contributed by atoms with Crippen molar-refractivity contribution in [3.63, 3.8) is 0 Å². The first-order valence-electron chi connectivity index (χ1n) is 7.01. The van der Waals surface area contributed by atoms with Crippen LogP contribution in [0.3, 0.4) is 0 Å². The molecule has 0 aromatic heterocycles. The summed E-state index contributed by atoms with van der Waals surface area (Å²) in [5, 5.41) is 4.05. The van der Waals surface area contributed by atoms with Crippen molar-refractivity contribution in [3.8, 4) is 0 Å². The highest BCUT2D eigenvalue weighted by molar-refractivity contribution is 6.30. The highest BCUT2D eigenvalue weighted by Crippen LogP contribution is 2.37. The van der Waals surface area contributed by atoms with E-state index in [2.05, 4.69) is 11.4 Å². The molecule has 0 spiro atoms. The Morgan fingerprint density at radius 2 is 2.16 bits per heavy atom. The Labute approximate surface area is 118 Å². The SMILES string of the molecule is O=C(CC1CCc2ccc(Cl)cc21)N1CCNCC1. The molecule has 0 saturated carbocycles. The maximum absolute atomic E-state index is 12.3. The molecule has 1 amide bonds. The fourth-order valence-electron chi connectivity index (χ4n) is 3.12. The molecular weight excluding hydrogens is 260 g/mol. The van der Waals surface area contributed by atoms with Gasteiger partial charge in [-0.05, 0) is 42.0 Å².